The second kappa shape index (κ2) is 7.27. The third kappa shape index (κ3) is 4.02. The van der Waals surface area contributed by atoms with Crippen LogP contribution in [0.2, 0.25) is 0 Å². The Morgan fingerprint density at radius 1 is 1.48 bits per heavy atom. The van der Waals surface area contributed by atoms with Crippen molar-refractivity contribution in [3.8, 4) is 11.5 Å². The molecule has 1 aliphatic rings. The zero-order valence-electron chi connectivity index (χ0n) is 14.9. The molecule has 3 rings (SSSR count). The summed E-state index contributed by atoms with van der Waals surface area (Å²) < 4.78 is 11.5. The molecule has 2 aromatic rings. The van der Waals surface area contributed by atoms with Gasteiger partial charge in [-0.3, -0.25) is 10.1 Å². The van der Waals surface area contributed by atoms with E-state index in [4.69, 9.17) is 9.47 Å². The van der Waals surface area contributed by atoms with E-state index in [-0.39, 0.29) is 12.0 Å². The number of ether oxygens (including phenoxy) is 2. The van der Waals surface area contributed by atoms with Gasteiger partial charge in [-0.1, -0.05) is 0 Å². The predicted octanol–water partition coefficient (Wildman–Crippen LogP) is 4.13. The van der Waals surface area contributed by atoms with Crippen LogP contribution in [-0.4, -0.2) is 23.6 Å². The Hall–Kier alpha value is -2.34. The van der Waals surface area contributed by atoms with Crippen molar-refractivity contribution in [3.63, 3.8) is 0 Å². The lowest BCUT2D eigenvalue weighted by molar-refractivity contribution is -0.111. The molecule has 1 amide bonds. The summed E-state index contributed by atoms with van der Waals surface area (Å²) in [7, 11) is 0. The predicted molar refractivity (Wildman–Crippen MR) is 101 cm³/mol. The molecule has 25 heavy (non-hydrogen) atoms. The van der Waals surface area contributed by atoms with E-state index in [1.807, 2.05) is 39.8 Å². The van der Waals surface area contributed by atoms with Crippen molar-refractivity contribution < 1.29 is 14.3 Å². The number of fused-ring (bicyclic) bond motifs is 1. The van der Waals surface area contributed by atoms with E-state index >= 15 is 0 Å². The summed E-state index contributed by atoms with van der Waals surface area (Å²) in [5.41, 5.74) is 2.91. The largest absolute Gasteiger partial charge is 0.493 e. The summed E-state index contributed by atoms with van der Waals surface area (Å²) in [6.45, 7) is 8.47. The van der Waals surface area contributed by atoms with Gasteiger partial charge in [-0.2, -0.15) is 0 Å². The average molecular weight is 358 g/mol. The quantitative estimate of drug-likeness (QED) is 0.816. The van der Waals surface area contributed by atoms with Gasteiger partial charge < -0.3 is 9.47 Å². The fourth-order valence-electron chi connectivity index (χ4n) is 2.70. The summed E-state index contributed by atoms with van der Waals surface area (Å²) in [5, 5.41) is 3.41. The van der Waals surface area contributed by atoms with Crippen LogP contribution in [0.5, 0.6) is 11.5 Å². The third-order valence-electron chi connectivity index (χ3n) is 4.00. The Labute approximate surface area is 151 Å². The highest BCUT2D eigenvalue weighted by Gasteiger charge is 2.21. The molecule has 0 fully saturated rings. The van der Waals surface area contributed by atoms with Crippen LogP contribution in [0.1, 0.15) is 35.5 Å². The van der Waals surface area contributed by atoms with Crippen molar-refractivity contribution in [2.75, 3.05) is 11.9 Å². The molecule has 2 heterocycles. The number of aromatic nitrogens is 1. The number of aryl methyl sites for hydroxylation is 2. The monoisotopic (exact) mass is 358 g/mol. The first kappa shape index (κ1) is 17.5. The van der Waals surface area contributed by atoms with Crippen molar-refractivity contribution in [2.24, 2.45) is 0 Å². The molecule has 0 saturated heterocycles. The Balaban J connectivity index is 1.77. The van der Waals surface area contributed by atoms with Gasteiger partial charge in [0, 0.05) is 28.5 Å². The van der Waals surface area contributed by atoms with Crippen LogP contribution in [-0.2, 0) is 11.2 Å². The van der Waals surface area contributed by atoms with Crippen molar-refractivity contribution in [1.82, 2.24) is 4.98 Å². The van der Waals surface area contributed by atoms with Crippen molar-refractivity contribution in [3.05, 3.63) is 39.9 Å². The Morgan fingerprint density at radius 3 is 2.96 bits per heavy atom. The maximum atomic E-state index is 12.2. The first-order valence-corrected chi connectivity index (χ1v) is 9.17. The van der Waals surface area contributed by atoms with Gasteiger partial charge in [-0.25, -0.2) is 4.98 Å². The fourth-order valence-corrected chi connectivity index (χ4v) is 3.52. The Kier molecular flexibility index (Phi) is 5.08. The lowest BCUT2D eigenvalue weighted by Crippen LogP contribution is -2.07. The highest BCUT2D eigenvalue weighted by atomic mass is 32.1. The highest BCUT2D eigenvalue weighted by molar-refractivity contribution is 7.15. The van der Waals surface area contributed by atoms with E-state index in [1.54, 1.807) is 6.08 Å². The van der Waals surface area contributed by atoms with Gasteiger partial charge in [0.2, 0.25) is 5.91 Å². The first-order chi connectivity index (χ1) is 12.0. The summed E-state index contributed by atoms with van der Waals surface area (Å²) >= 11 is 1.47. The van der Waals surface area contributed by atoms with E-state index in [9.17, 15) is 4.79 Å². The summed E-state index contributed by atoms with van der Waals surface area (Å²) in [4.78, 5) is 17.6. The van der Waals surface area contributed by atoms with Crippen molar-refractivity contribution in [2.45, 2.75) is 40.2 Å². The lowest BCUT2D eigenvalue weighted by Gasteiger charge is -2.10. The molecule has 0 aliphatic carbocycles. The van der Waals surface area contributed by atoms with E-state index in [1.165, 1.54) is 17.4 Å². The van der Waals surface area contributed by atoms with Gasteiger partial charge in [0.15, 0.2) is 5.13 Å². The topological polar surface area (TPSA) is 60.5 Å². The van der Waals surface area contributed by atoms with E-state index < -0.39 is 0 Å². The minimum absolute atomic E-state index is 0.170. The average Bonchev–Trinajstić information content (AvgIpc) is 3.06. The fraction of sp³-hybridized carbons (Fsp3) is 0.368. The second-order valence-corrected chi connectivity index (χ2v) is 7.25. The van der Waals surface area contributed by atoms with Crippen LogP contribution >= 0.6 is 11.3 Å². The number of benzene rings is 1. The number of amides is 1. The minimum atomic E-state index is -0.217. The van der Waals surface area contributed by atoms with Crippen molar-refractivity contribution >= 4 is 28.5 Å². The molecule has 6 heteroatoms. The standard InChI is InChI=1S/C19H22N2O3S/c1-5-23-16-10-15-8-11(2)24-17(15)9-14(16)6-7-18(22)21-19-20-12(3)13(4)25-19/h6-7,9-11H,5,8H2,1-4H3,(H,20,21,22). The number of rotatable bonds is 5. The Morgan fingerprint density at radius 2 is 2.28 bits per heavy atom. The number of thiazole rings is 1. The molecule has 1 atom stereocenters. The molecule has 1 unspecified atom stereocenters. The lowest BCUT2D eigenvalue weighted by atomic mass is 10.1. The number of anilines is 1. The van der Waals surface area contributed by atoms with Gasteiger partial charge in [-0.05, 0) is 45.9 Å². The van der Waals surface area contributed by atoms with E-state index in [2.05, 4.69) is 10.3 Å². The normalized spacial score (nSPS) is 15.9. The number of carbonyl (C=O) groups excluding carboxylic acids is 1. The summed E-state index contributed by atoms with van der Waals surface area (Å²) in [6, 6.07) is 3.94. The van der Waals surface area contributed by atoms with Crippen LogP contribution in [0.3, 0.4) is 0 Å². The number of hydrogen-bond acceptors (Lipinski definition) is 5. The number of nitrogens with one attached hydrogen (secondary N) is 1. The smallest absolute Gasteiger partial charge is 0.250 e. The van der Waals surface area contributed by atoms with Crippen LogP contribution in [0.4, 0.5) is 5.13 Å². The molecule has 132 valence electrons. The molecule has 5 nitrogen and oxygen atoms in total. The van der Waals surface area contributed by atoms with Gasteiger partial charge in [0.05, 0.1) is 12.3 Å². The molecule has 0 radical (unpaired) electrons. The maximum Gasteiger partial charge on any atom is 0.250 e. The molecule has 1 aromatic heterocycles. The van der Waals surface area contributed by atoms with Gasteiger partial charge >= 0.3 is 0 Å². The van der Waals surface area contributed by atoms with Crippen LogP contribution in [0.25, 0.3) is 6.08 Å². The van der Waals surface area contributed by atoms with Gasteiger partial charge in [-0.15, -0.1) is 11.3 Å². The third-order valence-corrected chi connectivity index (χ3v) is 4.99. The van der Waals surface area contributed by atoms with Crippen LogP contribution in [0, 0.1) is 13.8 Å². The Bertz CT molecular complexity index is 807. The number of hydrogen-bond donors (Lipinski definition) is 1. The molecular weight excluding hydrogens is 336 g/mol. The molecular formula is C19H22N2O3S. The van der Waals surface area contributed by atoms with E-state index in [0.717, 1.165) is 39.6 Å². The van der Waals surface area contributed by atoms with Gasteiger partial charge in [0.25, 0.3) is 0 Å². The van der Waals surface area contributed by atoms with Gasteiger partial charge in [0.1, 0.15) is 17.6 Å². The second-order valence-electron chi connectivity index (χ2n) is 6.05. The number of carbonyl (C=O) groups is 1. The van der Waals surface area contributed by atoms with Crippen LogP contribution in [0.15, 0.2) is 18.2 Å². The maximum absolute atomic E-state index is 12.2. The molecule has 1 aliphatic heterocycles. The number of nitrogens with zero attached hydrogens (tertiary/aromatic N) is 1. The first-order valence-electron chi connectivity index (χ1n) is 8.35. The zero-order valence-corrected chi connectivity index (χ0v) is 15.7. The molecule has 1 N–H and O–H groups in total. The highest BCUT2D eigenvalue weighted by Crippen LogP contribution is 2.35. The molecule has 1 aromatic carbocycles. The zero-order chi connectivity index (χ0) is 18.0. The minimum Gasteiger partial charge on any atom is -0.493 e. The molecule has 0 bridgehead atoms. The molecule has 0 saturated carbocycles. The van der Waals surface area contributed by atoms with Crippen LogP contribution < -0.4 is 14.8 Å². The summed E-state index contributed by atoms with van der Waals surface area (Å²) in [6.07, 6.45) is 4.29. The van der Waals surface area contributed by atoms with Crippen molar-refractivity contribution in [1.29, 1.82) is 0 Å². The van der Waals surface area contributed by atoms with E-state index in [0.29, 0.717) is 11.7 Å². The molecule has 0 spiro atoms. The summed E-state index contributed by atoms with van der Waals surface area (Å²) in [5.74, 6) is 1.41. The SMILES string of the molecule is CCOc1cc2c(cc1C=CC(=O)Nc1nc(C)c(C)s1)OC(C)C2.